The Balaban J connectivity index is 1.63. The first-order valence-corrected chi connectivity index (χ1v) is 6.37. The van der Waals surface area contributed by atoms with Gasteiger partial charge in [-0.25, -0.2) is 4.98 Å². The van der Waals surface area contributed by atoms with Crippen molar-refractivity contribution >= 4 is 5.78 Å². The van der Waals surface area contributed by atoms with Gasteiger partial charge in [-0.3, -0.25) is 4.79 Å². The van der Waals surface area contributed by atoms with Gasteiger partial charge in [0, 0.05) is 24.7 Å². The van der Waals surface area contributed by atoms with Crippen LogP contribution in [0.5, 0.6) is 0 Å². The van der Waals surface area contributed by atoms with Crippen LogP contribution < -0.4 is 0 Å². The Labute approximate surface area is 107 Å². The van der Waals surface area contributed by atoms with Crippen LogP contribution in [0.25, 0.3) is 0 Å². The Morgan fingerprint density at radius 1 is 1.11 bits per heavy atom. The molecule has 3 heteroatoms. The highest BCUT2D eigenvalue weighted by Gasteiger charge is 2.03. The van der Waals surface area contributed by atoms with Gasteiger partial charge >= 0.3 is 0 Å². The Bertz CT molecular complexity index is 463. The number of carbonyl (C=O) groups is 1. The molecule has 18 heavy (non-hydrogen) atoms. The van der Waals surface area contributed by atoms with E-state index in [0.29, 0.717) is 18.6 Å². The number of aryl methyl sites for hydroxylation is 2. The molecule has 94 valence electrons. The van der Waals surface area contributed by atoms with Crippen molar-refractivity contribution in [2.45, 2.75) is 32.1 Å². The number of aromatic amines is 1. The second-order valence-electron chi connectivity index (χ2n) is 4.45. The van der Waals surface area contributed by atoms with Gasteiger partial charge in [0.25, 0.3) is 0 Å². The van der Waals surface area contributed by atoms with Crippen LogP contribution in [0.2, 0.25) is 0 Å². The molecule has 0 amide bonds. The first-order chi connectivity index (χ1) is 8.84. The minimum Gasteiger partial charge on any atom is -0.348 e. The third kappa shape index (κ3) is 4.17. The normalized spacial score (nSPS) is 10.4. The van der Waals surface area contributed by atoms with Gasteiger partial charge < -0.3 is 4.98 Å². The zero-order valence-electron chi connectivity index (χ0n) is 10.4. The Hall–Kier alpha value is -1.90. The fraction of sp³-hybridized carbons (Fsp3) is 0.333. The molecule has 0 saturated carbocycles. The van der Waals surface area contributed by atoms with Gasteiger partial charge in [0.05, 0.1) is 6.33 Å². The number of ketones is 1. The molecule has 1 aromatic carbocycles. The monoisotopic (exact) mass is 242 g/mol. The highest BCUT2D eigenvalue weighted by Crippen LogP contribution is 2.07. The maximum atomic E-state index is 11.7. The summed E-state index contributed by atoms with van der Waals surface area (Å²) in [6.45, 7) is 0. The molecule has 0 aliphatic carbocycles. The number of rotatable bonds is 7. The van der Waals surface area contributed by atoms with E-state index in [2.05, 4.69) is 22.1 Å². The lowest BCUT2D eigenvalue weighted by molar-refractivity contribution is -0.119. The molecule has 0 radical (unpaired) electrons. The summed E-state index contributed by atoms with van der Waals surface area (Å²) < 4.78 is 0. The van der Waals surface area contributed by atoms with Gasteiger partial charge in [0.2, 0.25) is 0 Å². The van der Waals surface area contributed by atoms with Crippen LogP contribution in [0.15, 0.2) is 42.9 Å². The van der Waals surface area contributed by atoms with Gasteiger partial charge in [-0.05, 0) is 24.8 Å². The smallest absolute Gasteiger partial charge is 0.133 e. The fourth-order valence-electron chi connectivity index (χ4n) is 1.95. The molecule has 0 atom stereocenters. The van der Waals surface area contributed by atoms with Crippen LogP contribution in [-0.2, 0) is 17.6 Å². The van der Waals surface area contributed by atoms with E-state index in [4.69, 9.17) is 0 Å². The van der Waals surface area contributed by atoms with Crippen LogP contribution in [0, 0.1) is 0 Å². The van der Waals surface area contributed by atoms with Crippen LogP contribution in [0.3, 0.4) is 0 Å². The predicted octanol–water partition coefficient (Wildman–Crippen LogP) is 2.93. The van der Waals surface area contributed by atoms with Crippen molar-refractivity contribution in [2.75, 3.05) is 0 Å². The first-order valence-electron chi connectivity index (χ1n) is 6.37. The summed E-state index contributed by atoms with van der Waals surface area (Å²) in [7, 11) is 0. The van der Waals surface area contributed by atoms with E-state index >= 15 is 0 Å². The highest BCUT2D eigenvalue weighted by atomic mass is 16.1. The SMILES string of the molecule is O=C(CCCc1ccccc1)CCc1cnc[nH]1. The van der Waals surface area contributed by atoms with E-state index in [-0.39, 0.29) is 0 Å². The molecule has 0 fully saturated rings. The van der Waals surface area contributed by atoms with E-state index in [1.165, 1.54) is 5.56 Å². The Kier molecular flexibility index (Phi) is 4.70. The van der Waals surface area contributed by atoms with Crippen molar-refractivity contribution in [1.29, 1.82) is 0 Å². The van der Waals surface area contributed by atoms with E-state index in [1.54, 1.807) is 12.5 Å². The van der Waals surface area contributed by atoms with Crippen molar-refractivity contribution in [1.82, 2.24) is 9.97 Å². The van der Waals surface area contributed by atoms with Crippen LogP contribution in [0.4, 0.5) is 0 Å². The number of benzene rings is 1. The number of imidazole rings is 1. The van der Waals surface area contributed by atoms with Crippen molar-refractivity contribution < 1.29 is 4.79 Å². The number of carbonyl (C=O) groups excluding carboxylic acids is 1. The number of hydrogen-bond acceptors (Lipinski definition) is 2. The summed E-state index contributed by atoms with van der Waals surface area (Å²) in [4.78, 5) is 18.6. The van der Waals surface area contributed by atoms with Crippen molar-refractivity contribution in [3.05, 3.63) is 54.1 Å². The van der Waals surface area contributed by atoms with E-state index in [0.717, 1.165) is 25.0 Å². The molecule has 0 aliphatic heterocycles. The van der Waals surface area contributed by atoms with E-state index < -0.39 is 0 Å². The maximum Gasteiger partial charge on any atom is 0.133 e. The summed E-state index contributed by atoms with van der Waals surface area (Å²) >= 11 is 0. The Morgan fingerprint density at radius 2 is 1.94 bits per heavy atom. The van der Waals surface area contributed by atoms with Crippen LogP contribution >= 0.6 is 0 Å². The zero-order valence-corrected chi connectivity index (χ0v) is 10.4. The number of Topliss-reactive ketones (excluding diaryl/α,β-unsaturated/α-hetero) is 1. The topological polar surface area (TPSA) is 45.8 Å². The minimum absolute atomic E-state index is 0.334. The minimum atomic E-state index is 0.334. The molecule has 2 aromatic rings. The summed E-state index contributed by atoms with van der Waals surface area (Å²) in [6, 6.07) is 10.3. The molecule has 0 bridgehead atoms. The largest absolute Gasteiger partial charge is 0.348 e. The van der Waals surface area contributed by atoms with E-state index in [1.807, 2.05) is 18.2 Å². The number of nitrogens with zero attached hydrogens (tertiary/aromatic N) is 1. The van der Waals surface area contributed by atoms with Gasteiger partial charge in [0.1, 0.15) is 5.78 Å². The Morgan fingerprint density at radius 3 is 2.67 bits per heavy atom. The average molecular weight is 242 g/mol. The number of nitrogens with one attached hydrogen (secondary N) is 1. The van der Waals surface area contributed by atoms with Crippen LogP contribution in [0.1, 0.15) is 30.5 Å². The first kappa shape index (κ1) is 12.6. The standard InChI is InChI=1S/C15H18N2O/c18-15(10-9-14-11-16-12-17-14)8-4-7-13-5-2-1-3-6-13/h1-3,5-6,11-12H,4,7-10H2,(H,16,17). The molecule has 1 N–H and O–H groups in total. The second kappa shape index (κ2) is 6.74. The molecule has 1 heterocycles. The number of aromatic nitrogens is 2. The van der Waals surface area contributed by atoms with Gasteiger partial charge in [-0.2, -0.15) is 0 Å². The summed E-state index contributed by atoms with van der Waals surface area (Å²) in [5.41, 5.74) is 2.34. The summed E-state index contributed by atoms with van der Waals surface area (Å²) in [5, 5.41) is 0. The van der Waals surface area contributed by atoms with Gasteiger partial charge in [-0.1, -0.05) is 30.3 Å². The third-order valence-electron chi connectivity index (χ3n) is 2.99. The number of H-pyrrole nitrogens is 1. The molecular weight excluding hydrogens is 224 g/mol. The molecule has 3 nitrogen and oxygen atoms in total. The maximum absolute atomic E-state index is 11.7. The second-order valence-corrected chi connectivity index (χ2v) is 4.45. The molecule has 2 rings (SSSR count). The quantitative estimate of drug-likeness (QED) is 0.811. The average Bonchev–Trinajstić information content (AvgIpc) is 2.91. The summed E-state index contributed by atoms with van der Waals surface area (Å²) in [5.74, 6) is 0.334. The van der Waals surface area contributed by atoms with E-state index in [9.17, 15) is 4.79 Å². The fourth-order valence-corrected chi connectivity index (χ4v) is 1.95. The zero-order chi connectivity index (χ0) is 12.6. The van der Waals surface area contributed by atoms with Crippen molar-refractivity contribution in [2.24, 2.45) is 0 Å². The third-order valence-corrected chi connectivity index (χ3v) is 2.99. The van der Waals surface area contributed by atoms with Gasteiger partial charge in [0.15, 0.2) is 0 Å². The molecule has 0 aliphatic rings. The lowest BCUT2D eigenvalue weighted by Crippen LogP contribution is -2.01. The summed E-state index contributed by atoms with van der Waals surface area (Å²) in [6.07, 6.45) is 7.39. The molecular formula is C15H18N2O. The lowest BCUT2D eigenvalue weighted by atomic mass is 10.0. The van der Waals surface area contributed by atoms with Crippen molar-refractivity contribution in [3.8, 4) is 0 Å². The number of hydrogen-bond donors (Lipinski definition) is 1. The van der Waals surface area contributed by atoms with Gasteiger partial charge in [-0.15, -0.1) is 0 Å². The lowest BCUT2D eigenvalue weighted by Gasteiger charge is -2.01. The predicted molar refractivity (Wildman–Crippen MR) is 71.3 cm³/mol. The molecule has 0 saturated heterocycles. The molecule has 0 spiro atoms. The molecule has 1 aromatic heterocycles. The highest BCUT2D eigenvalue weighted by molar-refractivity contribution is 5.78. The van der Waals surface area contributed by atoms with Crippen molar-refractivity contribution in [3.63, 3.8) is 0 Å². The molecule has 0 unspecified atom stereocenters. The van der Waals surface area contributed by atoms with Crippen LogP contribution in [-0.4, -0.2) is 15.8 Å².